The van der Waals surface area contributed by atoms with Crippen molar-refractivity contribution in [3.8, 4) is 6.07 Å². The maximum absolute atomic E-state index is 12.9. The van der Waals surface area contributed by atoms with Gasteiger partial charge in [0.1, 0.15) is 5.76 Å². The maximum Gasteiger partial charge on any atom is 0.273 e. The van der Waals surface area contributed by atoms with E-state index in [-0.39, 0.29) is 18.0 Å². The van der Waals surface area contributed by atoms with Crippen LogP contribution in [0.1, 0.15) is 23.7 Å². The first-order valence-corrected chi connectivity index (χ1v) is 9.62. The van der Waals surface area contributed by atoms with Crippen LogP contribution < -0.4 is 0 Å². The number of fused-ring (bicyclic) bond motifs is 1. The second-order valence-corrected chi connectivity index (χ2v) is 7.48. The van der Waals surface area contributed by atoms with E-state index in [0.29, 0.717) is 35.3 Å². The van der Waals surface area contributed by atoms with E-state index in [1.165, 1.54) is 17.8 Å². The predicted octanol–water partition coefficient (Wildman–Crippen LogP) is 3.40. The molecular formula is C19H16N4O4S. The van der Waals surface area contributed by atoms with Crippen LogP contribution in [0.15, 0.2) is 57.7 Å². The molecule has 142 valence electrons. The number of nitriles is 1. The number of nitrogens with zero attached hydrogens (tertiary/aromatic N) is 4. The van der Waals surface area contributed by atoms with Gasteiger partial charge in [-0.2, -0.15) is 5.26 Å². The number of amides is 1. The van der Waals surface area contributed by atoms with Gasteiger partial charge in [0.2, 0.25) is 5.91 Å². The number of carbonyl (C=O) groups is 1. The Morgan fingerprint density at radius 2 is 2.14 bits per heavy atom. The van der Waals surface area contributed by atoms with Gasteiger partial charge >= 0.3 is 0 Å². The van der Waals surface area contributed by atoms with Crippen molar-refractivity contribution in [3.63, 3.8) is 0 Å². The number of carbonyl (C=O) groups excluding carboxylic acids is 1. The molecule has 1 saturated heterocycles. The van der Waals surface area contributed by atoms with Gasteiger partial charge in [-0.3, -0.25) is 24.7 Å². The average molecular weight is 396 g/mol. The van der Waals surface area contributed by atoms with E-state index in [1.54, 1.807) is 29.4 Å². The molecule has 0 aliphatic carbocycles. The van der Waals surface area contributed by atoms with E-state index in [4.69, 9.17) is 4.42 Å². The fourth-order valence-corrected chi connectivity index (χ4v) is 4.68. The summed E-state index contributed by atoms with van der Waals surface area (Å²) in [5.74, 6) is 0.647. The molecule has 0 unspecified atom stereocenters. The van der Waals surface area contributed by atoms with Crippen molar-refractivity contribution in [3.05, 3.63) is 74.7 Å². The number of benzene rings is 1. The molecular weight excluding hydrogens is 380 g/mol. The molecule has 1 aromatic heterocycles. The van der Waals surface area contributed by atoms with Crippen molar-refractivity contribution < 1.29 is 14.1 Å². The van der Waals surface area contributed by atoms with Gasteiger partial charge in [0.15, 0.2) is 0 Å². The minimum absolute atomic E-state index is 0.0341. The van der Waals surface area contributed by atoms with Crippen molar-refractivity contribution in [2.75, 3.05) is 12.5 Å². The number of nitro groups is 1. The van der Waals surface area contributed by atoms with Crippen molar-refractivity contribution >= 4 is 23.4 Å². The molecule has 4 rings (SSSR count). The highest BCUT2D eigenvalue weighted by Gasteiger charge is 2.40. The lowest BCUT2D eigenvalue weighted by Gasteiger charge is -2.40. The summed E-state index contributed by atoms with van der Waals surface area (Å²) in [6, 6.07) is 12.2. The molecule has 3 heterocycles. The zero-order valence-corrected chi connectivity index (χ0v) is 15.6. The van der Waals surface area contributed by atoms with Crippen LogP contribution in [0, 0.1) is 21.4 Å². The standard InChI is InChI=1S/C19H16N4O4S/c20-9-16-15(14-5-1-2-6-17(14)23(25)26)8-18(24)22-11-21(12-28-19(16)22)10-13-4-3-7-27-13/h1-7,15H,8,10-12H2/t15-/m0/s1. The second-order valence-electron chi connectivity index (χ2n) is 6.55. The molecule has 28 heavy (non-hydrogen) atoms. The largest absolute Gasteiger partial charge is 0.468 e. The van der Waals surface area contributed by atoms with E-state index in [9.17, 15) is 20.2 Å². The van der Waals surface area contributed by atoms with Gasteiger partial charge in [-0.05, 0) is 12.1 Å². The number of para-hydroxylation sites is 1. The highest BCUT2D eigenvalue weighted by atomic mass is 32.2. The zero-order valence-electron chi connectivity index (χ0n) is 14.8. The van der Waals surface area contributed by atoms with Crippen molar-refractivity contribution in [2.24, 2.45) is 0 Å². The van der Waals surface area contributed by atoms with E-state index < -0.39 is 10.8 Å². The fourth-order valence-electron chi connectivity index (χ4n) is 3.54. The molecule has 1 atom stereocenters. The first-order valence-electron chi connectivity index (χ1n) is 8.64. The summed E-state index contributed by atoms with van der Waals surface area (Å²) in [5, 5.41) is 21.8. The summed E-state index contributed by atoms with van der Waals surface area (Å²) in [4.78, 5) is 27.4. The minimum Gasteiger partial charge on any atom is -0.468 e. The summed E-state index contributed by atoms with van der Waals surface area (Å²) in [5.41, 5.74) is 0.752. The minimum atomic E-state index is -0.602. The van der Waals surface area contributed by atoms with E-state index in [1.807, 2.05) is 17.0 Å². The molecule has 1 amide bonds. The van der Waals surface area contributed by atoms with Gasteiger partial charge < -0.3 is 4.42 Å². The lowest BCUT2D eigenvalue weighted by molar-refractivity contribution is -0.385. The molecule has 1 aromatic carbocycles. The summed E-state index contributed by atoms with van der Waals surface area (Å²) >= 11 is 1.40. The van der Waals surface area contributed by atoms with Gasteiger partial charge in [0.05, 0.1) is 46.9 Å². The first-order chi connectivity index (χ1) is 13.6. The lowest BCUT2D eigenvalue weighted by Crippen LogP contribution is -2.46. The summed E-state index contributed by atoms with van der Waals surface area (Å²) in [6.07, 6.45) is 1.64. The molecule has 8 nitrogen and oxygen atoms in total. The molecule has 2 aliphatic heterocycles. The van der Waals surface area contributed by atoms with Crippen molar-refractivity contribution in [2.45, 2.75) is 18.9 Å². The van der Waals surface area contributed by atoms with Gasteiger partial charge in [0, 0.05) is 24.0 Å². The number of allylic oxidation sites excluding steroid dienone is 1. The molecule has 9 heteroatoms. The van der Waals surface area contributed by atoms with Crippen LogP contribution in [0.4, 0.5) is 5.69 Å². The number of hydrogen-bond donors (Lipinski definition) is 0. The smallest absolute Gasteiger partial charge is 0.273 e. The Labute approximate surface area is 165 Å². The summed E-state index contributed by atoms with van der Waals surface area (Å²) < 4.78 is 5.37. The molecule has 0 spiro atoms. The van der Waals surface area contributed by atoms with Crippen LogP contribution in [0.5, 0.6) is 0 Å². The zero-order chi connectivity index (χ0) is 19.7. The molecule has 1 fully saturated rings. The highest BCUT2D eigenvalue weighted by Crippen LogP contribution is 2.44. The number of nitro benzene ring substituents is 1. The Balaban J connectivity index is 1.66. The topological polar surface area (TPSA) is 104 Å². The summed E-state index contributed by atoms with van der Waals surface area (Å²) in [7, 11) is 0. The number of hydrogen-bond acceptors (Lipinski definition) is 7. The number of thioether (sulfide) groups is 1. The van der Waals surface area contributed by atoms with Crippen LogP contribution in [0.2, 0.25) is 0 Å². The Hall–Kier alpha value is -3.09. The van der Waals surface area contributed by atoms with Crippen molar-refractivity contribution in [1.29, 1.82) is 5.26 Å². The maximum atomic E-state index is 12.9. The molecule has 2 aromatic rings. The molecule has 0 saturated carbocycles. The summed E-state index contributed by atoms with van der Waals surface area (Å²) in [6.45, 7) is 0.920. The third kappa shape index (κ3) is 3.28. The first kappa shape index (κ1) is 18.3. The fraction of sp³-hybridized carbons (Fsp3) is 0.263. The third-order valence-electron chi connectivity index (χ3n) is 4.82. The normalized spacial score (nSPS) is 20.0. The van der Waals surface area contributed by atoms with Crippen LogP contribution >= 0.6 is 11.8 Å². The monoisotopic (exact) mass is 396 g/mol. The van der Waals surface area contributed by atoms with Crippen LogP contribution in [0.25, 0.3) is 0 Å². The van der Waals surface area contributed by atoms with Gasteiger partial charge in [-0.25, -0.2) is 0 Å². The van der Waals surface area contributed by atoms with Gasteiger partial charge in [0.25, 0.3) is 5.69 Å². The SMILES string of the molecule is N#CC1=C2SCN(Cc3ccco3)CN2C(=O)C[C@H]1c1ccccc1[N+](=O)[O-]. The van der Waals surface area contributed by atoms with Crippen LogP contribution in [-0.4, -0.2) is 33.2 Å². The average Bonchev–Trinajstić information content (AvgIpc) is 3.21. The number of rotatable bonds is 4. The second kappa shape index (κ2) is 7.50. The molecule has 2 aliphatic rings. The van der Waals surface area contributed by atoms with Crippen LogP contribution in [0.3, 0.4) is 0 Å². The Kier molecular flexibility index (Phi) is 4.90. The molecule has 0 bridgehead atoms. The van der Waals surface area contributed by atoms with E-state index >= 15 is 0 Å². The Morgan fingerprint density at radius 1 is 1.32 bits per heavy atom. The number of furan rings is 1. The third-order valence-corrected chi connectivity index (χ3v) is 6.03. The molecule has 0 N–H and O–H groups in total. The van der Waals surface area contributed by atoms with Crippen molar-refractivity contribution in [1.82, 2.24) is 9.80 Å². The van der Waals surface area contributed by atoms with Crippen LogP contribution in [-0.2, 0) is 11.3 Å². The molecule has 0 radical (unpaired) electrons. The van der Waals surface area contributed by atoms with Gasteiger partial charge in [-0.15, -0.1) is 0 Å². The van der Waals surface area contributed by atoms with Gasteiger partial charge in [-0.1, -0.05) is 30.0 Å². The Morgan fingerprint density at radius 3 is 2.86 bits per heavy atom. The lowest BCUT2D eigenvalue weighted by atomic mass is 9.85. The predicted molar refractivity (Wildman–Crippen MR) is 102 cm³/mol. The van der Waals surface area contributed by atoms with E-state index in [0.717, 1.165) is 5.76 Å². The Bertz CT molecular complexity index is 996. The van der Waals surface area contributed by atoms with E-state index in [2.05, 4.69) is 6.07 Å². The highest BCUT2D eigenvalue weighted by molar-refractivity contribution is 8.03. The quantitative estimate of drug-likeness (QED) is 0.576.